The lowest BCUT2D eigenvalue weighted by Crippen LogP contribution is -2.41. The van der Waals surface area contributed by atoms with Gasteiger partial charge in [-0.15, -0.1) is 0 Å². The first-order chi connectivity index (χ1) is 12.5. The van der Waals surface area contributed by atoms with Crippen molar-refractivity contribution in [2.24, 2.45) is 0 Å². The molecule has 1 fully saturated rings. The van der Waals surface area contributed by atoms with Crippen LogP contribution in [0.2, 0.25) is 0 Å². The summed E-state index contributed by atoms with van der Waals surface area (Å²) in [7, 11) is -3.36. The van der Waals surface area contributed by atoms with Gasteiger partial charge in [-0.2, -0.15) is 4.31 Å². The number of benzene rings is 1. The minimum absolute atomic E-state index is 0.110. The Hall–Kier alpha value is -2.45. The van der Waals surface area contributed by atoms with Crippen molar-refractivity contribution in [2.75, 3.05) is 13.1 Å². The van der Waals surface area contributed by atoms with Crippen LogP contribution in [0.15, 0.2) is 47.1 Å². The fourth-order valence-electron chi connectivity index (χ4n) is 3.06. The molecule has 2 aromatic rings. The SMILES string of the molecule is O=C(NCc1ccc(S(=O)(=O)N2CCC2)cc1)C1=Cn2ccnc2CC1. The summed E-state index contributed by atoms with van der Waals surface area (Å²) in [6, 6.07) is 6.70. The van der Waals surface area contributed by atoms with E-state index in [1.54, 1.807) is 30.5 Å². The molecule has 0 aliphatic carbocycles. The van der Waals surface area contributed by atoms with Crippen molar-refractivity contribution in [3.8, 4) is 0 Å². The van der Waals surface area contributed by atoms with Crippen molar-refractivity contribution < 1.29 is 13.2 Å². The molecule has 26 heavy (non-hydrogen) atoms. The number of nitrogens with zero attached hydrogens (tertiary/aromatic N) is 3. The Morgan fingerprint density at radius 2 is 1.92 bits per heavy atom. The lowest BCUT2D eigenvalue weighted by molar-refractivity contribution is -0.117. The molecule has 4 rings (SSSR count). The van der Waals surface area contributed by atoms with E-state index >= 15 is 0 Å². The van der Waals surface area contributed by atoms with E-state index in [1.165, 1.54) is 4.31 Å². The fraction of sp³-hybridized carbons (Fsp3) is 0.333. The minimum atomic E-state index is -3.36. The van der Waals surface area contributed by atoms with Crippen molar-refractivity contribution >= 4 is 22.1 Å². The zero-order chi connectivity index (χ0) is 18.1. The molecule has 2 aliphatic rings. The van der Waals surface area contributed by atoms with E-state index in [0.717, 1.165) is 24.2 Å². The first-order valence-electron chi connectivity index (χ1n) is 8.64. The normalized spacial score (nSPS) is 17.2. The van der Waals surface area contributed by atoms with Crippen molar-refractivity contribution in [1.82, 2.24) is 19.2 Å². The Labute approximate surface area is 152 Å². The molecule has 0 saturated carbocycles. The van der Waals surface area contributed by atoms with Gasteiger partial charge in [0.2, 0.25) is 15.9 Å². The molecule has 0 unspecified atom stereocenters. The molecule has 0 bridgehead atoms. The highest BCUT2D eigenvalue weighted by molar-refractivity contribution is 7.89. The van der Waals surface area contributed by atoms with Gasteiger partial charge in [0.1, 0.15) is 5.82 Å². The number of hydrogen-bond donors (Lipinski definition) is 1. The lowest BCUT2D eigenvalue weighted by Gasteiger charge is -2.29. The van der Waals surface area contributed by atoms with Crippen molar-refractivity contribution in [3.63, 3.8) is 0 Å². The second-order valence-corrected chi connectivity index (χ2v) is 8.43. The van der Waals surface area contributed by atoms with Gasteiger partial charge in [0.25, 0.3) is 0 Å². The Morgan fingerprint density at radius 1 is 1.15 bits per heavy atom. The first kappa shape index (κ1) is 17.0. The molecule has 7 nitrogen and oxygen atoms in total. The van der Waals surface area contributed by atoms with E-state index < -0.39 is 10.0 Å². The molecule has 136 valence electrons. The molecule has 1 N–H and O–H groups in total. The van der Waals surface area contributed by atoms with E-state index in [4.69, 9.17) is 0 Å². The molecule has 1 aromatic heterocycles. The summed E-state index contributed by atoms with van der Waals surface area (Å²) in [6.45, 7) is 1.54. The van der Waals surface area contributed by atoms with Gasteiger partial charge in [-0.3, -0.25) is 4.79 Å². The number of carbonyl (C=O) groups is 1. The third kappa shape index (κ3) is 3.17. The molecular weight excluding hydrogens is 352 g/mol. The smallest absolute Gasteiger partial charge is 0.248 e. The number of nitrogens with one attached hydrogen (secondary N) is 1. The van der Waals surface area contributed by atoms with Crippen LogP contribution in [-0.2, 0) is 27.8 Å². The predicted molar refractivity (Wildman–Crippen MR) is 96.5 cm³/mol. The monoisotopic (exact) mass is 372 g/mol. The number of aryl methyl sites for hydroxylation is 1. The maximum absolute atomic E-state index is 12.3. The van der Waals surface area contributed by atoms with E-state index in [1.807, 2.05) is 17.0 Å². The molecule has 2 aliphatic heterocycles. The summed E-state index contributed by atoms with van der Waals surface area (Å²) in [5.41, 5.74) is 1.58. The van der Waals surface area contributed by atoms with Gasteiger partial charge in [-0.1, -0.05) is 12.1 Å². The van der Waals surface area contributed by atoms with E-state index in [-0.39, 0.29) is 5.91 Å². The Morgan fingerprint density at radius 3 is 2.62 bits per heavy atom. The highest BCUT2D eigenvalue weighted by Gasteiger charge is 2.29. The van der Waals surface area contributed by atoms with Crippen LogP contribution < -0.4 is 5.32 Å². The molecule has 0 spiro atoms. The number of hydrogen-bond acceptors (Lipinski definition) is 4. The number of rotatable bonds is 5. The number of aromatic nitrogens is 2. The van der Waals surface area contributed by atoms with Crippen LogP contribution in [-0.4, -0.2) is 41.3 Å². The molecule has 3 heterocycles. The quantitative estimate of drug-likeness (QED) is 0.859. The fourth-order valence-corrected chi connectivity index (χ4v) is 4.58. The standard InChI is InChI=1S/C18H20N4O3S/c23-18(15-4-7-17-19-8-11-21(17)13-15)20-12-14-2-5-16(6-3-14)26(24,25)22-9-1-10-22/h2-3,5-6,8,11,13H,1,4,7,9-10,12H2,(H,20,23). The number of fused-ring (bicyclic) bond motifs is 1. The van der Waals surface area contributed by atoms with E-state index in [9.17, 15) is 13.2 Å². The average Bonchev–Trinajstić information content (AvgIpc) is 3.05. The van der Waals surface area contributed by atoms with Gasteiger partial charge in [-0.05, 0) is 30.5 Å². The largest absolute Gasteiger partial charge is 0.348 e. The highest BCUT2D eigenvalue weighted by Crippen LogP contribution is 2.21. The summed E-state index contributed by atoms with van der Waals surface area (Å²) in [4.78, 5) is 16.9. The third-order valence-electron chi connectivity index (χ3n) is 4.78. The second kappa shape index (κ2) is 6.69. The maximum atomic E-state index is 12.3. The Kier molecular flexibility index (Phi) is 4.37. The Balaban J connectivity index is 1.38. The number of imidazole rings is 1. The third-order valence-corrected chi connectivity index (χ3v) is 6.70. The number of carbonyl (C=O) groups excluding carboxylic acids is 1. The second-order valence-electron chi connectivity index (χ2n) is 6.49. The van der Waals surface area contributed by atoms with Crippen LogP contribution in [0.1, 0.15) is 24.2 Å². The molecule has 1 saturated heterocycles. The topological polar surface area (TPSA) is 84.3 Å². The van der Waals surface area contributed by atoms with Crippen LogP contribution in [0.3, 0.4) is 0 Å². The molecule has 0 atom stereocenters. The van der Waals surface area contributed by atoms with Crippen LogP contribution in [0.4, 0.5) is 0 Å². The molecule has 8 heteroatoms. The van der Waals surface area contributed by atoms with Gasteiger partial charge < -0.3 is 9.88 Å². The minimum Gasteiger partial charge on any atom is -0.348 e. The summed E-state index contributed by atoms with van der Waals surface area (Å²) in [5, 5.41) is 2.89. The Bertz CT molecular complexity index is 957. The summed E-state index contributed by atoms with van der Waals surface area (Å²) < 4.78 is 28.0. The summed E-state index contributed by atoms with van der Waals surface area (Å²) in [5.74, 6) is 0.849. The predicted octanol–water partition coefficient (Wildman–Crippen LogP) is 1.38. The van der Waals surface area contributed by atoms with Gasteiger partial charge in [0, 0.05) is 50.2 Å². The van der Waals surface area contributed by atoms with Gasteiger partial charge in [-0.25, -0.2) is 13.4 Å². The highest BCUT2D eigenvalue weighted by atomic mass is 32.2. The van der Waals surface area contributed by atoms with Gasteiger partial charge in [0.15, 0.2) is 0 Å². The van der Waals surface area contributed by atoms with Crippen LogP contribution in [0.25, 0.3) is 6.20 Å². The van der Waals surface area contributed by atoms with Crippen molar-refractivity contribution in [1.29, 1.82) is 0 Å². The van der Waals surface area contributed by atoms with Gasteiger partial charge in [0.05, 0.1) is 4.90 Å². The van der Waals surface area contributed by atoms with E-state index in [2.05, 4.69) is 10.3 Å². The first-order valence-corrected chi connectivity index (χ1v) is 10.1. The molecule has 1 aromatic carbocycles. The lowest BCUT2D eigenvalue weighted by atomic mass is 10.1. The summed E-state index contributed by atoms with van der Waals surface area (Å²) in [6.07, 6.45) is 7.69. The van der Waals surface area contributed by atoms with Crippen LogP contribution in [0.5, 0.6) is 0 Å². The number of sulfonamides is 1. The van der Waals surface area contributed by atoms with Crippen LogP contribution in [0, 0.1) is 0 Å². The molecule has 1 amide bonds. The maximum Gasteiger partial charge on any atom is 0.248 e. The van der Waals surface area contributed by atoms with Crippen molar-refractivity contribution in [3.05, 3.63) is 53.6 Å². The average molecular weight is 372 g/mol. The van der Waals surface area contributed by atoms with Crippen molar-refractivity contribution in [2.45, 2.75) is 30.7 Å². The summed E-state index contributed by atoms with van der Waals surface area (Å²) >= 11 is 0. The van der Waals surface area contributed by atoms with E-state index in [0.29, 0.717) is 36.5 Å². The molecular formula is C18H20N4O3S. The van der Waals surface area contributed by atoms with Gasteiger partial charge >= 0.3 is 0 Å². The number of amides is 1. The van der Waals surface area contributed by atoms with Crippen LogP contribution >= 0.6 is 0 Å². The zero-order valence-electron chi connectivity index (χ0n) is 14.3. The zero-order valence-corrected chi connectivity index (χ0v) is 15.1. The molecule has 0 radical (unpaired) electrons.